The first kappa shape index (κ1) is 21.1. The lowest BCUT2D eigenvalue weighted by Crippen LogP contribution is -2.32. The summed E-state index contributed by atoms with van der Waals surface area (Å²) < 4.78 is 0. The number of anilines is 1. The van der Waals surface area contributed by atoms with Crippen molar-refractivity contribution in [3.8, 4) is 0 Å². The lowest BCUT2D eigenvalue weighted by molar-refractivity contribution is 0.0954. The van der Waals surface area contributed by atoms with Gasteiger partial charge >= 0.3 is 0 Å². The first-order chi connectivity index (χ1) is 15.6. The van der Waals surface area contributed by atoms with Crippen LogP contribution < -0.4 is 10.6 Å². The number of carbonyl (C=O) groups excluding carboxylic acids is 1. The molecule has 3 nitrogen and oxygen atoms in total. The number of allylic oxidation sites excluding steroid dienone is 2. The lowest BCUT2D eigenvalue weighted by atomic mass is 9.76. The Bertz CT molecular complexity index is 1180. The van der Waals surface area contributed by atoms with E-state index in [1.807, 2.05) is 42.5 Å². The molecule has 2 aliphatic rings. The van der Waals surface area contributed by atoms with E-state index in [9.17, 15) is 4.79 Å². The second-order valence-electron chi connectivity index (χ2n) is 8.40. The maximum absolute atomic E-state index is 13.1. The largest absolute Gasteiger partial charge is 0.377 e. The molecule has 1 amide bonds. The molecule has 0 aromatic heterocycles. The second-order valence-corrected chi connectivity index (χ2v) is 9.25. The van der Waals surface area contributed by atoms with Crippen molar-refractivity contribution in [2.45, 2.75) is 24.8 Å². The SMILES string of the molecule is O=C(NCCc1ccccc1)c1cccc2c1NC(c1ccc(Cl)cc1Cl)C1CC=CC21. The van der Waals surface area contributed by atoms with Crippen molar-refractivity contribution in [3.63, 3.8) is 0 Å². The van der Waals surface area contributed by atoms with E-state index in [-0.39, 0.29) is 17.9 Å². The molecule has 32 heavy (non-hydrogen) atoms. The number of amides is 1. The highest BCUT2D eigenvalue weighted by Gasteiger charge is 2.39. The van der Waals surface area contributed by atoms with Crippen LogP contribution in [0.2, 0.25) is 10.0 Å². The van der Waals surface area contributed by atoms with E-state index in [2.05, 4.69) is 41.0 Å². The highest BCUT2D eigenvalue weighted by Crippen LogP contribution is 2.51. The summed E-state index contributed by atoms with van der Waals surface area (Å²) in [6, 6.07) is 21.8. The van der Waals surface area contributed by atoms with Gasteiger partial charge in [0.15, 0.2) is 0 Å². The van der Waals surface area contributed by atoms with E-state index < -0.39 is 0 Å². The third-order valence-electron chi connectivity index (χ3n) is 6.48. The monoisotopic (exact) mass is 462 g/mol. The summed E-state index contributed by atoms with van der Waals surface area (Å²) in [7, 11) is 0. The minimum absolute atomic E-state index is 0.00513. The van der Waals surface area contributed by atoms with Gasteiger partial charge in [0.25, 0.3) is 5.91 Å². The Balaban J connectivity index is 1.42. The predicted molar refractivity (Wildman–Crippen MR) is 132 cm³/mol. The number of benzene rings is 3. The molecule has 3 atom stereocenters. The van der Waals surface area contributed by atoms with Crippen LogP contribution in [0, 0.1) is 5.92 Å². The summed E-state index contributed by atoms with van der Waals surface area (Å²) in [5, 5.41) is 8.03. The van der Waals surface area contributed by atoms with E-state index in [1.54, 1.807) is 6.07 Å². The fraction of sp³-hybridized carbons (Fsp3) is 0.222. The van der Waals surface area contributed by atoms with Gasteiger partial charge in [-0.1, -0.05) is 83.9 Å². The van der Waals surface area contributed by atoms with Crippen molar-refractivity contribution in [1.29, 1.82) is 0 Å². The molecule has 1 aliphatic heterocycles. The summed E-state index contributed by atoms with van der Waals surface area (Å²) in [4.78, 5) is 13.1. The first-order valence-corrected chi connectivity index (χ1v) is 11.7. The third-order valence-corrected chi connectivity index (χ3v) is 7.04. The smallest absolute Gasteiger partial charge is 0.253 e. The summed E-state index contributed by atoms with van der Waals surface area (Å²) in [6.45, 7) is 0.588. The molecule has 0 radical (unpaired) electrons. The number of nitrogens with one attached hydrogen (secondary N) is 2. The predicted octanol–water partition coefficient (Wildman–Crippen LogP) is 6.79. The minimum atomic E-state index is -0.0633. The Morgan fingerprint density at radius 2 is 1.84 bits per heavy atom. The topological polar surface area (TPSA) is 41.1 Å². The molecular formula is C27H24Cl2N2O. The molecule has 1 aliphatic carbocycles. The molecule has 0 fully saturated rings. The zero-order valence-electron chi connectivity index (χ0n) is 17.5. The third kappa shape index (κ3) is 4.03. The van der Waals surface area contributed by atoms with Gasteiger partial charge in [0.05, 0.1) is 17.3 Å². The Kier molecular flexibility index (Phi) is 5.95. The normalized spacial score (nSPS) is 20.9. The van der Waals surface area contributed by atoms with Crippen molar-refractivity contribution >= 4 is 34.8 Å². The zero-order chi connectivity index (χ0) is 22.1. The van der Waals surface area contributed by atoms with Crippen LogP contribution in [-0.2, 0) is 6.42 Å². The molecule has 5 heteroatoms. The Morgan fingerprint density at radius 1 is 1.00 bits per heavy atom. The van der Waals surface area contributed by atoms with E-state index in [4.69, 9.17) is 23.2 Å². The van der Waals surface area contributed by atoms with Gasteiger partial charge in [0.2, 0.25) is 0 Å². The standard InChI is InChI=1S/C27H24Cl2N2O/c28-18-12-13-22(24(29)16-18)25-20-9-4-8-19(20)21-10-5-11-23(26(21)31-25)27(32)30-15-14-17-6-2-1-3-7-17/h1-8,10-13,16,19-20,25,31H,9,14-15H2,(H,30,32). The van der Waals surface area contributed by atoms with Gasteiger partial charge in [-0.15, -0.1) is 0 Å². The highest BCUT2D eigenvalue weighted by atomic mass is 35.5. The number of para-hydroxylation sites is 1. The van der Waals surface area contributed by atoms with Gasteiger partial charge in [-0.05, 0) is 53.6 Å². The second kappa shape index (κ2) is 9.01. The molecule has 0 bridgehead atoms. The van der Waals surface area contributed by atoms with Crippen molar-refractivity contribution in [3.05, 3.63) is 111 Å². The van der Waals surface area contributed by atoms with Crippen LogP contribution >= 0.6 is 23.2 Å². The fourth-order valence-corrected chi connectivity index (χ4v) is 5.46. The van der Waals surface area contributed by atoms with Gasteiger partial charge in [-0.3, -0.25) is 4.79 Å². The number of hydrogen-bond acceptors (Lipinski definition) is 2. The van der Waals surface area contributed by atoms with E-state index in [1.165, 1.54) is 11.1 Å². The van der Waals surface area contributed by atoms with Crippen LogP contribution in [0.3, 0.4) is 0 Å². The fourth-order valence-electron chi connectivity index (χ4n) is 4.93. The number of rotatable bonds is 5. The first-order valence-electron chi connectivity index (χ1n) is 10.9. The Morgan fingerprint density at radius 3 is 2.66 bits per heavy atom. The molecule has 2 N–H and O–H groups in total. The van der Waals surface area contributed by atoms with Crippen molar-refractivity contribution in [2.75, 3.05) is 11.9 Å². The summed E-state index contributed by atoms with van der Waals surface area (Å²) in [6.07, 6.45) is 6.26. The van der Waals surface area contributed by atoms with Crippen LogP contribution in [0.15, 0.2) is 78.9 Å². The van der Waals surface area contributed by atoms with E-state index >= 15 is 0 Å². The molecule has 3 aromatic rings. The lowest BCUT2D eigenvalue weighted by Gasteiger charge is -2.38. The summed E-state index contributed by atoms with van der Waals surface area (Å²) in [5.41, 5.74) is 4.95. The van der Waals surface area contributed by atoms with Crippen LogP contribution in [0.5, 0.6) is 0 Å². The number of halogens is 2. The number of fused-ring (bicyclic) bond motifs is 3. The molecule has 0 spiro atoms. The Hall–Kier alpha value is -2.75. The van der Waals surface area contributed by atoms with Crippen LogP contribution in [-0.4, -0.2) is 12.5 Å². The highest BCUT2D eigenvalue weighted by molar-refractivity contribution is 6.35. The average Bonchev–Trinajstić information content (AvgIpc) is 3.29. The molecule has 3 unspecified atom stereocenters. The molecular weight excluding hydrogens is 439 g/mol. The quantitative estimate of drug-likeness (QED) is 0.409. The molecule has 0 saturated heterocycles. The number of hydrogen-bond donors (Lipinski definition) is 2. The van der Waals surface area contributed by atoms with Crippen LogP contribution in [0.1, 0.15) is 45.4 Å². The van der Waals surface area contributed by atoms with Gasteiger partial charge < -0.3 is 10.6 Å². The van der Waals surface area contributed by atoms with Gasteiger partial charge in [-0.25, -0.2) is 0 Å². The maximum atomic E-state index is 13.1. The Labute approximate surface area is 198 Å². The van der Waals surface area contributed by atoms with E-state index in [0.29, 0.717) is 28.1 Å². The minimum Gasteiger partial charge on any atom is -0.377 e. The van der Waals surface area contributed by atoms with Gasteiger partial charge in [0, 0.05) is 22.5 Å². The van der Waals surface area contributed by atoms with Crippen molar-refractivity contribution < 1.29 is 4.79 Å². The van der Waals surface area contributed by atoms with Gasteiger partial charge in [0.1, 0.15) is 0 Å². The molecule has 0 saturated carbocycles. The van der Waals surface area contributed by atoms with Crippen LogP contribution in [0.4, 0.5) is 5.69 Å². The molecule has 5 rings (SSSR count). The molecule has 3 aromatic carbocycles. The van der Waals surface area contributed by atoms with E-state index in [0.717, 1.165) is 24.1 Å². The maximum Gasteiger partial charge on any atom is 0.253 e. The van der Waals surface area contributed by atoms with Crippen molar-refractivity contribution in [2.24, 2.45) is 5.92 Å². The average molecular weight is 463 g/mol. The van der Waals surface area contributed by atoms with Gasteiger partial charge in [-0.2, -0.15) is 0 Å². The number of carbonyl (C=O) groups is 1. The van der Waals surface area contributed by atoms with Crippen molar-refractivity contribution in [1.82, 2.24) is 5.32 Å². The van der Waals surface area contributed by atoms with Crippen LogP contribution in [0.25, 0.3) is 0 Å². The summed E-state index contributed by atoms with van der Waals surface area (Å²) >= 11 is 12.7. The zero-order valence-corrected chi connectivity index (χ0v) is 19.0. The molecule has 162 valence electrons. The summed E-state index contributed by atoms with van der Waals surface area (Å²) in [5.74, 6) is 0.532. The molecule has 1 heterocycles.